The number of hydrogen-bond donors (Lipinski definition) is 1. The minimum atomic E-state index is -0.0880. The Morgan fingerprint density at radius 1 is 1.70 bits per heavy atom. The van der Waals surface area contributed by atoms with Crippen molar-refractivity contribution in [1.82, 2.24) is 10.2 Å². The Balaban J connectivity index is 2.49. The number of nitrogens with one attached hydrogen (secondary N) is 1. The molecule has 1 heterocycles. The third kappa shape index (κ3) is 1.36. The lowest BCUT2D eigenvalue weighted by atomic mass is 10.3. The number of nitrogens with zero attached hydrogens (tertiary/aromatic N) is 1. The third-order valence-corrected chi connectivity index (χ3v) is 1.49. The van der Waals surface area contributed by atoms with Gasteiger partial charge in [-0.05, 0) is 0 Å². The van der Waals surface area contributed by atoms with Crippen molar-refractivity contribution in [3.05, 3.63) is 12.2 Å². The number of rotatable bonds is 1. The van der Waals surface area contributed by atoms with E-state index < -0.39 is 0 Å². The molecule has 0 spiro atoms. The van der Waals surface area contributed by atoms with Gasteiger partial charge >= 0.3 is 0 Å². The predicted molar refractivity (Wildman–Crippen MR) is 39.6 cm³/mol. The van der Waals surface area contributed by atoms with Gasteiger partial charge in [-0.3, -0.25) is 10.1 Å². The first-order chi connectivity index (χ1) is 4.72. The molecule has 10 heavy (non-hydrogen) atoms. The van der Waals surface area contributed by atoms with E-state index in [1.54, 1.807) is 19.0 Å². The van der Waals surface area contributed by atoms with Gasteiger partial charge in [0, 0.05) is 20.6 Å². The molecule has 0 aliphatic carbocycles. The zero-order valence-corrected chi connectivity index (χ0v) is 6.29. The van der Waals surface area contributed by atoms with Crippen LogP contribution in [0.25, 0.3) is 0 Å². The van der Waals surface area contributed by atoms with Gasteiger partial charge in [0.2, 0.25) is 5.91 Å². The molecular weight excluding hydrogens is 128 g/mol. The molecule has 3 nitrogen and oxygen atoms in total. The molecule has 1 rings (SSSR count). The summed E-state index contributed by atoms with van der Waals surface area (Å²) in [4.78, 5) is 12.7. The van der Waals surface area contributed by atoms with Crippen LogP contribution in [0.2, 0.25) is 0 Å². The summed E-state index contributed by atoms with van der Waals surface area (Å²) in [6.45, 7) is 0.810. The number of carbonyl (C=O) groups is 1. The van der Waals surface area contributed by atoms with Gasteiger partial charge in [-0.25, -0.2) is 0 Å². The first-order valence-corrected chi connectivity index (χ1v) is 3.33. The number of amides is 1. The number of carbonyl (C=O) groups excluding carboxylic acids is 1. The van der Waals surface area contributed by atoms with Gasteiger partial charge in [0.15, 0.2) is 0 Å². The fraction of sp³-hybridized carbons (Fsp3) is 0.571. The molecule has 0 saturated heterocycles. The Hall–Kier alpha value is -0.830. The van der Waals surface area contributed by atoms with Crippen LogP contribution < -0.4 is 5.32 Å². The van der Waals surface area contributed by atoms with Crippen molar-refractivity contribution in [3.8, 4) is 0 Å². The molecule has 0 saturated carbocycles. The molecule has 3 heteroatoms. The SMILES string of the molecule is CN(C)C(=O)[C@@H]1C=CCN1. The first-order valence-electron chi connectivity index (χ1n) is 3.33. The van der Waals surface area contributed by atoms with E-state index in [9.17, 15) is 4.79 Å². The van der Waals surface area contributed by atoms with Crippen LogP contribution in [0.15, 0.2) is 12.2 Å². The van der Waals surface area contributed by atoms with Crippen molar-refractivity contribution in [2.45, 2.75) is 6.04 Å². The first kappa shape index (κ1) is 7.28. The highest BCUT2D eigenvalue weighted by molar-refractivity contribution is 5.83. The van der Waals surface area contributed by atoms with Crippen LogP contribution in [-0.4, -0.2) is 37.5 Å². The summed E-state index contributed by atoms with van der Waals surface area (Å²) in [7, 11) is 3.52. The lowest BCUT2D eigenvalue weighted by Gasteiger charge is -2.14. The van der Waals surface area contributed by atoms with Crippen molar-refractivity contribution in [2.24, 2.45) is 0 Å². The van der Waals surface area contributed by atoms with Gasteiger partial charge in [0.05, 0.1) is 0 Å². The van der Waals surface area contributed by atoms with E-state index in [2.05, 4.69) is 5.32 Å². The summed E-state index contributed by atoms with van der Waals surface area (Å²) in [5.74, 6) is 0.119. The summed E-state index contributed by atoms with van der Waals surface area (Å²) >= 11 is 0. The lowest BCUT2D eigenvalue weighted by Crippen LogP contribution is -2.39. The van der Waals surface area contributed by atoms with Gasteiger partial charge in [-0.15, -0.1) is 0 Å². The van der Waals surface area contributed by atoms with Crippen molar-refractivity contribution >= 4 is 5.91 Å². The largest absolute Gasteiger partial charge is 0.347 e. The Kier molecular flexibility index (Phi) is 2.06. The standard InChI is InChI=1S/C7H12N2O/c1-9(2)7(10)6-4-3-5-8-6/h3-4,6,8H,5H2,1-2H3/t6-/m0/s1. The van der Waals surface area contributed by atoms with Crippen molar-refractivity contribution < 1.29 is 4.79 Å². The van der Waals surface area contributed by atoms with E-state index in [-0.39, 0.29) is 11.9 Å². The third-order valence-electron chi connectivity index (χ3n) is 1.49. The van der Waals surface area contributed by atoms with Crippen molar-refractivity contribution in [2.75, 3.05) is 20.6 Å². The molecule has 0 aromatic rings. The van der Waals surface area contributed by atoms with E-state index in [1.165, 1.54) is 0 Å². The molecular formula is C7H12N2O. The highest BCUT2D eigenvalue weighted by Crippen LogP contribution is 1.97. The summed E-state index contributed by atoms with van der Waals surface area (Å²) in [6, 6.07) is -0.0880. The molecule has 0 aromatic heterocycles. The quantitative estimate of drug-likeness (QED) is 0.503. The average Bonchev–Trinajstić information content (AvgIpc) is 2.36. The average molecular weight is 140 g/mol. The molecule has 56 valence electrons. The highest BCUT2D eigenvalue weighted by Gasteiger charge is 2.18. The lowest BCUT2D eigenvalue weighted by molar-refractivity contribution is -0.129. The van der Waals surface area contributed by atoms with Crippen LogP contribution in [-0.2, 0) is 4.79 Å². The van der Waals surface area contributed by atoms with E-state index in [4.69, 9.17) is 0 Å². The predicted octanol–water partition coefficient (Wildman–Crippen LogP) is -0.397. The maximum absolute atomic E-state index is 11.2. The topological polar surface area (TPSA) is 32.3 Å². The monoisotopic (exact) mass is 140 g/mol. The van der Waals surface area contributed by atoms with Crippen LogP contribution in [0, 0.1) is 0 Å². The molecule has 0 bridgehead atoms. The van der Waals surface area contributed by atoms with Crippen LogP contribution in [0.1, 0.15) is 0 Å². The van der Waals surface area contributed by atoms with Crippen LogP contribution in [0.3, 0.4) is 0 Å². The van der Waals surface area contributed by atoms with E-state index in [0.29, 0.717) is 0 Å². The fourth-order valence-electron chi connectivity index (χ4n) is 0.915. The van der Waals surface area contributed by atoms with E-state index in [0.717, 1.165) is 6.54 Å². The van der Waals surface area contributed by atoms with Crippen LogP contribution >= 0.6 is 0 Å². The second-order valence-electron chi connectivity index (χ2n) is 2.55. The van der Waals surface area contributed by atoms with Gasteiger partial charge in [-0.2, -0.15) is 0 Å². The summed E-state index contributed by atoms with van der Waals surface area (Å²) in [5.41, 5.74) is 0. The molecule has 0 unspecified atom stereocenters. The van der Waals surface area contributed by atoms with Gasteiger partial charge in [0.1, 0.15) is 6.04 Å². The van der Waals surface area contributed by atoms with Crippen LogP contribution in [0.5, 0.6) is 0 Å². The summed E-state index contributed by atoms with van der Waals surface area (Å²) in [5, 5.41) is 3.04. The molecule has 1 atom stereocenters. The zero-order valence-electron chi connectivity index (χ0n) is 6.29. The number of hydrogen-bond acceptors (Lipinski definition) is 2. The molecule has 1 N–H and O–H groups in total. The normalized spacial score (nSPS) is 23.2. The molecule has 1 aliphatic rings. The second-order valence-corrected chi connectivity index (χ2v) is 2.55. The van der Waals surface area contributed by atoms with Gasteiger partial charge < -0.3 is 4.90 Å². The van der Waals surface area contributed by atoms with Crippen molar-refractivity contribution in [3.63, 3.8) is 0 Å². The minimum absolute atomic E-state index is 0.0880. The Morgan fingerprint density at radius 3 is 2.80 bits per heavy atom. The van der Waals surface area contributed by atoms with Gasteiger partial charge in [-0.1, -0.05) is 12.2 Å². The Morgan fingerprint density at radius 2 is 2.40 bits per heavy atom. The van der Waals surface area contributed by atoms with E-state index in [1.807, 2.05) is 12.2 Å². The Bertz CT molecular complexity index is 163. The Labute approximate surface area is 60.7 Å². The molecule has 0 aromatic carbocycles. The zero-order chi connectivity index (χ0) is 7.56. The van der Waals surface area contributed by atoms with Gasteiger partial charge in [0.25, 0.3) is 0 Å². The molecule has 0 fully saturated rings. The fourth-order valence-corrected chi connectivity index (χ4v) is 0.915. The summed E-state index contributed by atoms with van der Waals surface area (Å²) in [6.07, 6.45) is 3.86. The number of likely N-dealkylation sites (N-methyl/N-ethyl adjacent to an activating group) is 1. The van der Waals surface area contributed by atoms with Crippen LogP contribution in [0.4, 0.5) is 0 Å². The van der Waals surface area contributed by atoms with Crippen molar-refractivity contribution in [1.29, 1.82) is 0 Å². The molecule has 1 aliphatic heterocycles. The minimum Gasteiger partial charge on any atom is -0.347 e. The molecule has 0 radical (unpaired) electrons. The maximum Gasteiger partial charge on any atom is 0.243 e. The second kappa shape index (κ2) is 2.84. The smallest absolute Gasteiger partial charge is 0.243 e. The maximum atomic E-state index is 11.2. The van der Waals surface area contributed by atoms with E-state index >= 15 is 0 Å². The molecule has 1 amide bonds. The highest BCUT2D eigenvalue weighted by atomic mass is 16.2. The summed E-state index contributed by atoms with van der Waals surface area (Å²) < 4.78 is 0.